The third-order valence-electron chi connectivity index (χ3n) is 3.64. The average Bonchev–Trinajstić information content (AvgIpc) is 2.84. The molecule has 0 aromatic carbocycles. The molecule has 19 heavy (non-hydrogen) atoms. The van der Waals surface area contributed by atoms with Gasteiger partial charge in [-0.25, -0.2) is 4.98 Å². The maximum absolute atomic E-state index is 12.5. The molecule has 1 saturated carbocycles. The van der Waals surface area contributed by atoms with Gasteiger partial charge in [0.05, 0.1) is 10.6 Å². The zero-order chi connectivity index (χ0) is 14.0. The van der Waals surface area contributed by atoms with Crippen molar-refractivity contribution in [3.63, 3.8) is 0 Å². The quantitative estimate of drug-likeness (QED) is 0.870. The molecule has 1 aliphatic rings. The van der Waals surface area contributed by atoms with Crippen LogP contribution in [-0.2, 0) is 6.18 Å². The van der Waals surface area contributed by atoms with Gasteiger partial charge in [0.15, 0.2) is 0 Å². The van der Waals surface area contributed by atoms with Crippen molar-refractivity contribution in [2.45, 2.75) is 44.8 Å². The predicted molar refractivity (Wildman–Crippen MR) is 69.3 cm³/mol. The van der Waals surface area contributed by atoms with Gasteiger partial charge >= 0.3 is 6.18 Å². The van der Waals surface area contributed by atoms with Crippen LogP contribution in [0, 0.1) is 5.92 Å². The van der Waals surface area contributed by atoms with Crippen LogP contribution < -0.4 is 5.32 Å². The minimum Gasteiger partial charge on any atom is -0.366 e. The highest BCUT2D eigenvalue weighted by Gasteiger charge is 2.32. The summed E-state index contributed by atoms with van der Waals surface area (Å²) >= 11 is 5.86. The van der Waals surface area contributed by atoms with Crippen LogP contribution in [0.1, 0.15) is 38.2 Å². The molecule has 106 valence electrons. The molecular formula is C13H16ClF3N2. The minimum atomic E-state index is -4.41. The summed E-state index contributed by atoms with van der Waals surface area (Å²) < 4.78 is 37.5. The van der Waals surface area contributed by atoms with Crippen LogP contribution in [0.5, 0.6) is 0 Å². The summed E-state index contributed by atoms with van der Waals surface area (Å²) in [5.74, 6) is 0.870. The predicted octanol–water partition coefficient (Wildman–Crippen LogP) is 4.74. The summed E-state index contributed by atoms with van der Waals surface area (Å²) in [7, 11) is 0. The standard InChI is InChI=1S/C13H16ClF3N2/c1-8(9-4-2-3-5-9)19-12-11(14)6-10(7-18-12)13(15,16)17/h6-9H,2-5H2,1H3,(H,18,19). The van der Waals surface area contributed by atoms with Crippen LogP contribution in [0.15, 0.2) is 12.3 Å². The fraction of sp³-hybridized carbons (Fsp3) is 0.615. The Labute approximate surface area is 115 Å². The summed E-state index contributed by atoms with van der Waals surface area (Å²) in [6.07, 6.45) is 1.12. The maximum Gasteiger partial charge on any atom is 0.417 e. The Kier molecular flexibility index (Phi) is 4.23. The van der Waals surface area contributed by atoms with Gasteiger partial charge in [-0.2, -0.15) is 13.2 Å². The van der Waals surface area contributed by atoms with Crippen LogP contribution in [0.3, 0.4) is 0 Å². The Morgan fingerprint density at radius 3 is 2.53 bits per heavy atom. The molecule has 6 heteroatoms. The van der Waals surface area contributed by atoms with Crippen molar-refractivity contribution < 1.29 is 13.2 Å². The molecule has 1 heterocycles. The molecule has 0 bridgehead atoms. The van der Waals surface area contributed by atoms with Crippen LogP contribution in [-0.4, -0.2) is 11.0 Å². The fourth-order valence-electron chi connectivity index (χ4n) is 2.49. The van der Waals surface area contributed by atoms with Gasteiger partial charge in [-0.05, 0) is 31.7 Å². The van der Waals surface area contributed by atoms with Crippen LogP contribution in [0.4, 0.5) is 19.0 Å². The third kappa shape index (κ3) is 3.53. The molecule has 2 rings (SSSR count). The summed E-state index contributed by atoms with van der Waals surface area (Å²) in [5.41, 5.74) is -0.823. The summed E-state index contributed by atoms with van der Waals surface area (Å²) in [6, 6.07) is 1.09. The number of halogens is 4. The number of anilines is 1. The number of alkyl halides is 3. The van der Waals surface area contributed by atoms with E-state index in [1.807, 2.05) is 6.92 Å². The molecular weight excluding hydrogens is 277 g/mol. The number of pyridine rings is 1. The lowest BCUT2D eigenvalue weighted by molar-refractivity contribution is -0.137. The second-order valence-electron chi connectivity index (χ2n) is 5.03. The largest absolute Gasteiger partial charge is 0.417 e. The van der Waals surface area contributed by atoms with E-state index < -0.39 is 11.7 Å². The van der Waals surface area contributed by atoms with Gasteiger partial charge < -0.3 is 5.32 Å². The molecule has 0 saturated heterocycles. The van der Waals surface area contributed by atoms with E-state index in [9.17, 15) is 13.2 Å². The molecule has 1 fully saturated rings. The highest BCUT2D eigenvalue weighted by atomic mass is 35.5. The summed E-state index contributed by atoms with van der Waals surface area (Å²) in [4.78, 5) is 3.79. The molecule has 0 spiro atoms. The van der Waals surface area contributed by atoms with E-state index in [0.717, 1.165) is 25.1 Å². The molecule has 0 aliphatic heterocycles. The molecule has 1 aromatic rings. The number of nitrogens with one attached hydrogen (secondary N) is 1. The first-order chi connectivity index (χ1) is 8.88. The molecule has 0 amide bonds. The average molecular weight is 293 g/mol. The first-order valence-corrected chi connectivity index (χ1v) is 6.75. The topological polar surface area (TPSA) is 24.9 Å². The second kappa shape index (κ2) is 5.57. The van der Waals surface area contributed by atoms with E-state index in [4.69, 9.17) is 11.6 Å². The third-order valence-corrected chi connectivity index (χ3v) is 3.93. The van der Waals surface area contributed by atoms with E-state index in [-0.39, 0.29) is 11.1 Å². The normalized spacial score (nSPS) is 18.6. The van der Waals surface area contributed by atoms with Crippen molar-refractivity contribution in [3.8, 4) is 0 Å². The van der Waals surface area contributed by atoms with Gasteiger partial charge in [0.1, 0.15) is 5.82 Å². The van der Waals surface area contributed by atoms with Crippen LogP contribution >= 0.6 is 11.6 Å². The van der Waals surface area contributed by atoms with E-state index in [1.165, 1.54) is 12.8 Å². The highest BCUT2D eigenvalue weighted by Crippen LogP contribution is 2.34. The van der Waals surface area contributed by atoms with Gasteiger partial charge in [0.2, 0.25) is 0 Å². The summed E-state index contributed by atoms with van der Waals surface area (Å²) in [6.45, 7) is 2.02. The lowest BCUT2D eigenvalue weighted by atomic mass is 10.00. The molecule has 1 aromatic heterocycles. The van der Waals surface area contributed by atoms with Crippen LogP contribution in [0.2, 0.25) is 5.02 Å². The van der Waals surface area contributed by atoms with Gasteiger partial charge in [0, 0.05) is 12.2 Å². The van der Waals surface area contributed by atoms with Crippen molar-refractivity contribution in [3.05, 3.63) is 22.8 Å². The first-order valence-electron chi connectivity index (χ1n) is 6.37. The lowest BCUT2D eigenvalue weighted by Gasteiger charge is -2.21. The van der Waals surface area contributed by atoms with Gasteiger partial charge in [0.25, 0.3) is 0 Å². The van der Waals surface area contributed by atoms with Gasteiger partial charge in [-0.3, -0.25) is 0 Å². The molecule has 1 aliphatic carbocycles. The van der Waals surface area contributed by atoms with Gasteiger partial charge in [-0.1, -0.05) is 24.4 Å². The zero-order valence-corrected chi connectivity index (χ0v) is 11.4. The van der Waals surface area contributed by atoms with E-state index in [2.05, 4.69) is 10.3 Å². The zero-order valence-electron chi connectivity index (χ0n) is 10.6. The Hall–Kier alpha value is -0.970. The number of aromatic nitrogens is 1. The first kappa shape index (κ1) is 14.4. The lowest BCUT2D eigenvalue weighted by Crippen LogP contribution is -2.24. The molecule has 1 unspecified atom stereocenters. The van der Waals surface area contributed by atoms with Crippen molar-refractivity contribution in [1.82, 2.24) is 4.98 Å². The Balaban J connectivity index is 2.08. The van der Waals surface area contributed by atoms with Crippen molar-refractivity contribution >= 4 is 17.4 Å². The number of hydrogen-bond acceptors (Lipinski definition) is 2. The fourth-order valence-corrected chi connectivity index (χ4v) is 2.71. The smallest absolute Gasteiger partial charge is 0.366 e. The molecule has 2 nitrogen and oxygen atoms in total. The Bertz CT molecular complexity index is 442. The monoisotopic (exact) mass is 292 g/mol. The molecule has 1 N–H and O–H groups in total. The van der Waals surface area contributed by atoms with E-state index in [1.54, 1.807) is 0 Å². The Morgan fingerprint density at radius 2 is 2.00 bits per heavy atom. The highest BCUT2D eigenvalue weighted by molar-refractivity contribution is 6.33. The maximum atomic E-state index is 12.5. The molecule has 0 radical (unpaired) electrons. The van der Waals surface area contributed by atoms with Crippen molar-refractivity contribution in [2.24, 2.45) is 5.92 Å². The molecule has 1 atom stereocenters. The summed E-state index contributed by atoms with van der Waals surface area (Å²) in [5, 5.41) is 3.13. The van der Waals surface area contributed by atoms with Crippen molar-refractivity contribution in [2.75, 3.05) is 5.32 Å². The van der Waals surface area contributed by atoms with Crippen molar-refractivity contribution in [1.29, 1.82) is 0 Å². The Morgan fingerprint density at radius 1 is 1.37 bits per heavy atom. The van der Waals surface area contributed by atoms with Gasteiger partial charge in [-0.15, -0.1) is 0 Å². The second-order valence-corrected chi connectivity index (χ2v) is 5.44. The number of nitrogens with zero attached hydrogens (tertiary/aromatic N) is 1. The van der Waals surface area contributed by atoms with Crippen LogP contribution in [0.25, 0.3) is 0 Å². The number of hydrogen-bond donors (Lipinski definition) is 1. The number of rotatable bonds is 3. The minimum absolute atomic E-state index is 0.0136. The van der Waals surface area contributed by atoms with E-state index in [0.29, 0.717) is 11.7 Å². The van der Waals surface area contributed by atoms with E-state index >= 15 is 0 Å². The SMILES string of the molecule is CC(Nc1ncc(C(F)(F)F)cc1Cl)C1CCCC1.